The number of aromatic carboxylic acids is 1. The van der Waals surface area contributed by atoms with Crippen LogP contribution in [-0.4, -0.2) is 36.6 Å². The first-order valence-electron chi connectivity index (χ1n) is 7.75. The molecule has 7 nitrogen and oxygen atoms in total. The molecule has 1 aliphatic rings. The fraction of sp³-hybridized carbons (Fsp3) is 0.250. The summed E-state index contributed by atoms with van der Waals surface area (Å²) in [5.74, 6) is -2.30. The highest BCUT2D eigenvalue weighted by Crippen LogP contribution is 2.33. The van der Waals surface area contributed by atoms with E-state index in [0.717, 1.165) is 12.8 Å². The smallest absolute Gasteiger partial charge is 0.451 e. The van der Waals surface area contributed by atoms with Gasteiger partial charge < -0.3 is 10.4 Å². The lowest BCUT2D eigenvalue weighted by atomic mass is 10.2. The quantitative estimate of drug-likeness (QED) is 0.740. The van der Waals surface area contributed by atoms with Crippen LogP contribution >= 0.6 is 0 Å². The van der Waals surface area contributed by atoms with Crippen LogP contribution in [0.15, 0.2) is 30.6 Å². The summed E-state index contributed by atoms with van der Waals surface area (Å²) in [6.07, 6.45) is -1.63. The van der Waals surface area contributed by atoms with Crippen LogP contribution < -0.4 is 5.32 Å². The van der Waals surface area contributed by atoms with Crippen molar-refractivity contribution in [1.82, 2.24) is 19.5 Å². The largest absolute Gasteiger partial charge is 0.478 e. The zero-order valence-electron chi connectivity index (χ0n) is 13.2. The molecule has 1 aromatic carbocycles. The number of hydrogen-bond donors (Lipinski definition) is 2. The second-order valence-corrected chi connectivity index (χ2v) is 5.95. The zero-order chi connectivity index (χ0) is 18.5. The third-order valence-corrected chi connectivity index (χ3v) is 3.96. The summed E-state index contributed by atoms with van der Waals surface area (Å²) < 4.78 is 40.9. The van der Waals surface area contributed by atoms with Crippen molar-refractivity contribution in [2.45, 2.75) is 25.1 Å². The van der Waals surface area contributed by atoms with E-state index in [9.17, 15) is 18.0 Å². The standard InChI is InChI=1S/C16H12F3N5O2/c17-16(18,19)15-22-12(21-9-3-4-9)11-13(23-15)24(7-20-11)10-5-1-8(2-6-10)14(25)26/h1-2,5-7,9H,3-4H2,(H,25,26)(H,21,22,23). The van der Waals surface area contributed by atoms with Crippen LogP contribution in [0.4, 0.5) is 19.0 Å². The van der Waals surface area contributed by atoms with Crippen molar-refractivity contribution in [3.05, 3.63) is 42.0 Å². The Morgan fingerprint density at radius 3 is 2.46 bits per heavy atom. The Morgan fingerprint density at radius 1 is 1.19 bits per heavy atom. The van der Waals surface area contributed by atoms with Crippen molar-refractivity contribution in [1.29, 1.82) is 0 Å². The predicted molar refractivity (Wildman–Crippen MR) is 85.3 cm³/mol. The van der Waals surface area contributed by atoms with Gasteiger partial charge in [-0.15, -0.1) is 0 Å². The highest BCUT2D eigenvalue weighted by atomic mass is 19.4. The molecule has 2 N–H and O–H groups in total. The van der Waals surface area contributed by atoms with E-state index in [1.807, 2.05) is 0 Å². The van der Waals surface area contributed by atoms with Gasteiger partial charge in [-0.2, -0.15) is 13.2 Å². The number of hydrogen-bond acceptors (Lipinski definition) is 5. The van der Waals surface area contributed by atoms with Gasteiger partial charge in [0, 0.05) is 11.7 Å². The Bertz CT molecular complexity index is 994. The molecule has 2 heterocycles. The first-order valence-corrected chi connectivity index (χ1v) is 7.75. The van der Waals surface area contributed by atoms with E-state index in [1.165, 1.54) is 35.2 Å². The fourth-order valence-corrected chi connectivity index (χ4v) is 2.50. The Labute approximate surface area is 144 Å². The van der Waals surface area contributed by atoms with Crippen molar-refractivity contribution < 1.29 is 23.1 Å². The molecule has 4 rings (SSSR count). The molecule has 0 bridgehead atoms. The Kier molecular flexibility index (Phi) is 3.56. The number of nitrogens with zero attached hydrogens (tertiary/aromatic N) is 4. The van der Waals surface area contributed by atoms with Gasteiger partial charge in [0.15, 0.2) is 17.0 Å². The molecule has 1 aliphatic carbocycles. The molecule has 0 atom stereocenters. The molecule has 3 aromatic rings. The van der Waals surface area contributed by atoms with Crippen molar-refractivity contribution in [3.8, 4) is 5.69 Å². The van der Waals surface area contributed by atoms with Crippen LogP contribution in [0.3, 0.4) is 0 Å². The maximum Gasteiger partial charge on any atom is 0.451 e. The number of fused-ring (bicyclic) bond motifs is 1. The minimum atomic E-state index is -4.70. The highest BCUT2D eigenvalue weighted by Gasteiger charge is 2.37. The molecule has 0 radical (unpaired) electrons. The van der Waals surface area contributed by atoms with Crippen LogP contribution in [0.2, 0.25) is 0 Å². The number of nitrogens with one attached hydrogen (secondary N) is 1. The van der Waals surface area contributed by atoms with E-state index in [-0.39, 0.29) is 28.6 Å². The van der Waals surface area contributed by atoms with Crippen LogP contribution in [0.25, 0.3) is 16.9 Å². The number of imidazole rings is 1. The number of carboxylic acids is 1. The number of anilines is 1. The van der Waals surface area contributed by atoms with E-state index >= 15 is 0 Å². The van der Waals surface area contributed by atoms with Crippen LogP contribution in [0.1, 0.15) is 29.0 Å². The highest BCUT2D eigenvalue weighted by molar-refractivity contribution is 5.88. The van der Waals surface area contributed by atoms with Crippen molar-refractivity contribution in [2.75, 3.05) is 5.32 Å². The van der Waals surface area contributed by atoms with Gasteiger partial charge >= 0.3 is 12.1 Å². The van der Waals surface area contributed by atoms with E-state index in [2.05, 4.69) is 20.3 Å². The number of carboxylic acid groups (broad SMARTS) is 1. The Hall–Kier alpha value is -3.17. The number of halogens is 3. The summed E-state index contributed by atoms with van der Waals surface area (Å²) in [5, 5.41) is 11.9. The number of aromatic nitrogens is 4. The molecule has 2 aromatic heterocycles. The molecule has 10 heteroatoms. The second-order valence-electron chi connectivity index (χ2n) is 5.95. The van der Waals surface area contributed by atoms with Crippen LogP contribution in [0, 0.1) is 0 Å². The molecule has 0 amide bonds. The van der Waals surface area contributed by atoms with Crippen molar-refractivity contribution >= 4 is 23.0 Å². The molecule has 1 fully saturated rings. The lowest BCUT2D eigenvalue weighted by molar-refractivity contribution is -0.144. The van der Waals surface area contributed by atoms with E-state index < -0.39 is 18.0 Å². The topological polar surface area (TPSA) is 92.9 Å². The van der Waals surface area contributed by atoms with Gasteiger partial charge in [-0.25, -0.2) is 19.7 Å². The third kappa shape index (κ3) is 2.93. The summed E-state index contributed by atoms with van der Waals surface area (Å²) in [5.41, 5.74) is 0.743. The fourth-order valence-electron chi connectivity index (χ4n) is 2.50. The third-order valence-electron chi connectivity index (χ3n) is 3.96. The lowest BCUT2D eigenvalue weighted by Crippen LogP contribution is -2.15. The minimum absolute atomic E-state index is 0.00134. The van der Waals surface area contributed by atoms with Crippen LogP contribution in [-0.2, 0) is 6.18 Å². The maximum absolute atomic E-state index is 13.2. The number of rotatable bonds is 4. The molecule has 0 aliphatic heterocycles. The summed E-state index contributed by atoms with van der Waals surface area (Å²) in [4.78, 5) is 22.3. The van der Waals surface area contributed by atoms with Gasteiger partial charge in [-0.1, -0.05) is 0 Å². The SMILES string of the molecule is O=C(O)c1ccc(-n2cnc3c(NC4CC4)nc(C(F)(F)F)nc32)cc1. The zero-order valence-corrected chi connectivity index (χ0v) is 13.2. The van der Waals surface area contributed by atoms with Crippen molar-refractivity contribution in [3.63, 3.8) is 0 Å². The molecule has 134 valence electrons. The van der Waals surface area contributed by atoms with Gasteiger partial charge in [-0.05, 0) is 37.1 Å². The van der Waals surface area contributed by atoms with Gasteiger partial charge in [0.25, 0.3) is 0 Å². The summed E-state index contributed by atoms with van der Waals surface area (Å²) in [6, 6.07) is 5.77. The monoisotopic (exact) mass is 363 g/mol. The van der Waals surface area contributed by atoms with E-state index in [0.29, 0.717) is 5.69 Å². The normalized spacial score (nSPS) is 14.6. The van der Waals surface area contributed by atoms with Crippen molar-refractivity contribution in [2.24, 2.45) is 0 Å². The molecule has 0 saturated heterocycles. The Balaban J connectivity index is 1.86. The lowest BCUT2D eigenvalue weighted by Gasteiger charge is -2.10. The van der Waals surface area contributed by atoms with Gasteiger partial charge in [0.1, 0.15) is 6.33 Å². The molecule has 26 heavy (non-hydrogen) atoms. The minimum Gasteiger partial charge on any atom is -0.478 e. The first-order chi connectivity index (χ1) is 12.3. The van der Waals surface area contributed by atoms with Gasteiger partial charge in [-0.3, -0.25) is 4.57 Å². The second kappa shape index (κ2) is 5.68. The molecular weight excluding hydrogens is 351 g/mol. The number of carbonyl (C=O) groups is 1. The summed E-state index contributed by atoms with van der Waals surface area (Å²) in [7, 11) is 0. The van der Waals surface area contributed by atoms with E-state index in [1.54, 1.807) is 0 Å². The summed E-state index contributed by atoms with van der Waals surface area (Å²) >= 11 is 0. The average molecular weight is 363 g/mol. The average Bonchev–Trinajstić information content (AvgIpc) is 3.30. The first kappa shape index (κ1) is 16.3. The molecule has 0 unspecified atom stereocenters. The number of alkyl halides is 3. The summed E-state index contributed by atoms with van der Waals surface area (Å²) in [6.45, 7) is 0. The predicted octanol–water partition coefficient (Wildman–Crippen LogP) is 3.11. The number of benzene rings is 1. The molecular formula is C16H12F3N5O2. The van der Waals surface area contributed by atoms with Crippen LogP contribution in [0.5, 0.6) is 0 Å². The maximum atomic E-state index is 13.2. The van der Waals surface area contributed by atoms with Gasteiger partial charge in [0.2, 0.25) is 5.82 Å². The molecule has 0 spiro atoms. The Morgan fingerprint density at radius 2 is 1.88 bits per heavy atom. The molecule has 1 saturated carbocycles. The van der Waals surface area contributed by atoms with E-state index in [4.69, 9.17) is 5.11 Å². The van der Waals surface area contributed by atoms with Gasteiger partial charge in [0.05, 0.1) is 5.56 Å².